The second-order valence-electron chi connectivity index (χ2n) is 8.97. The molecular weight excluding hydrogens is 300 g/mol. The van der Waals surface area contributed by atoms with Gasteiger partial charge in [0.2, 0.25) is 0 Å². The van der Waals surface area contributed by atoms with Crippen LogP contribution in [0.5, 0.6) is 0 Å². The first-order chi connectivity index (χ1) is 11.0. The predicted molar refractivity (Wildman–Crippen MR) is 97.1 cm³/mol. The second-order valence-corrected chi connectivity index (χ2v) is 14.6. The summed E-state index contributed by atoms with van der Waals surface area (Å²) in [5.41, 5.74) is 4.29. The second kappa shape index (κ2) is 5.89. The van der Waals surface area contributed by atoms with Crippen LogP contribution in [0.1, 0.15) is 49.4 Å². The summed E-state index contributed by atoms with van der Waals surface area (Å²) < 4.78 is 8.27. The molecule has 126 valence electrons. The van der Waals surface area contributed by atoms with Crippen molar-refractivity contribution >= 4 is 13.6 Å². The molecule has 1 heterocycles. The molecule has 2 atom stereocenters. The molecule has 0 bridgehead atoms. The lowest BCUT2D eigenvalue weighted by Gasteiger charge is -2.29. The maximum atomic E-state index is 5.98. The van der Waals surface area contributed by atoms with Gasteiger partial charge in [0, 0.05) is 20.6 Å². The smallest absolute Gasteiger partial charge is 0.124 e. The lowest BCUT2D eigenvalue weighted by atomic mass is 9.76. The van der Waals surface area contributed by atoms with Gasteiger partial charge in [-0.05, 0) is 55.6 Å². The van der Waals surface area contributed by atoms with Gasteiger partial charge in [-0.3, -0.25) is 0 Å². The van der Waals surface area contributed by atoms with E-state index in [-0.39, 0.29) is 0 Å². The van der Waals surface area contributed by atoms with E-state index in [4.69, 9.17) is 9.72 Å². The van der Waals surface area contributed by atoms with E-state index in [9.17, 15) is 0 Å². The fourth-order valence-electron chi connectivity index (χ4n) is 3.92. The summed E-state index contributed by atoms with van der Waals surface area (Å²) in [5.74, 6) is 2.51. The van der Waals surface area contributed by atoms with Crippen molar-refractivity contribution in [2.75, 3.05) is 6.61 Å². The summed E-state index contributed by atoms with van der Waals surface area (Å²) in [5, 5.41) is 0. The number of fused-ring (bicyclic) bond motifs is 1. The summed E-state index contributed by atoms with van der Waals surface area (Å²) in [6.45, 7) is 8.79. The summed E-state index contributed by atoms with van der Waals surface area (Å²) in [4.78, 5) is 4.81. The zero-order valence-corrected chi connectivity index (χ0v) is 15.8. The normalized spacial score (nSPS) is 26.8. The van der Waals surface area contributed by atoms with Crippen LogP contribution in [0.3, 0.4) is 0 Å². The van der Waals surface area contributed by atoms with Gasteiger partial charge in [-0.2, -0.15) is 0 Å². The fraction of sp³-hybridized carbons (Fsp3) is 0.737. The van der Waals surface area contributed by atoms with Gasteiger partial charge in [-0.25, -0.2) is 4.98 Å². The van der Waals surface area contributed by atoms with Crippen LogP contribution in [0.4, 0.5) is 0 Å². The Morgan fingerprint density at radius 1 is 1.22 bits per heavy atom. The quantitative estimate of drug-likeness (QED) is 0.526. The van der Waals surface area contributed by atoms with Crippen molar-refractivity contribution in [2.24, 2.45) is 11.8 Å². The molecule has 2 fully saturated rings. The first kappa shape index (κ1) is 15.6. The Balaban J connectivity index is 1.45. The Hall–Kier alpha value is -0.873. The number of imidazole rings is 1. The van der Waals surface area contributed by atoms with E-state index < -0.39 is 8.07 Å². The molecule has 0 aromatic carbocycles. The van der Waals surface area contributed by atoms with Crippen molar-refractivity contribution < 1.29 is 4.74 Å². The van der Waals surface area contributed by atoms with Crippen molar-refractivity contribution in [2.45, 2.75) is 70.4 Å². The molecule has 0 aliphatic heterocycles. The highest BCUT2D eigenvalue weighted by Gasteiger charge is 2.38. The van der Waals surface area contributed by atoms with Crippen molar-refractivity contribution in [3.8, 4) is 0 Å². The molecule has 0 spiro atoms. The first-order valence-electron chi connectivity index (χ1n) is 9.35. The molecule has 3 nitrogen and oxygen atoms in total. The topological polar surface area (TPSA) is 27.1 Å². The Kier molecular flexibility index (Phi) is 4.00. The van der Waals surface area contributed by atoms with Gasteiger partial charge in [0.05, 0.1) is 17.7 Å². The maximum Gasteiger partial charge on any atom is 0.124 e. The van der Waals surface area contributed by atoms with Gasteiger partial charge in [0.1, 0.15) is 6.73 Å². The number of allylic oxidation sites excluding steroid dienone is 2. The van der Waals surface area contributed by atoms with E-state index in [0.717, 1.165) is 24.4 Å². The zero-order chi connectivity index (χ0) is 16.0. The van der Waals surface area contributed by atoms with Crippen LogP contribution in [0.25, 0.3) is 5.57 Å². The standard InChI is InChI=1S/C19H30N2OSi/c1-23(2,3)9-8-22-13-21-12-20-18(19(21)14-4-5-14)17-10-15-6-7-16(15)11-17/h10,12,14-16H,4-9,11,13H2,1-3H3. The Morgan fingerprint density at radius 2 is 2.04 bits per heavy atom. The van der Waals surface area contributed by atoms with Crippen LogP contribution in [0, 0.1) is 11.8 Å². The summed E-state index contributed by atoms with van der Waals surface area (Å²) in [6, 6.07) is 1.24. The molecule has 2 saturated carbocycles. The summed E-state index contributed by atoms with van der Waals surface area (Å²) in [7, 11) is -1.00. The zero-order valence-electron chi connectivity index (χ0n) is 14.8. The highest BCUT2D eigenvalue weighted by atomic mass is 28.3. The molecule has 1 aromatic heterocycles. The molecule has 3 aliphatic carbocycles. The highest BCUT2D eigenvalue weighted by molar-refractivity contribution is 6.76. The predicted octanol–water partition coefficient (Wildman–Crippen LogP) is 4.89. The number of ether oxygens (including phenoxy) is 1. The molecule has 2 unspecified atom stereocenters. The van der Waals surface area contributed by atoms with E-state index >= 15 is 0 Å². The van der Waals surface area contributed by atoms with E-state index in [0.29, 0.717) is 6.73 Å². The fourth-order valence-corrected chi connectivity index (χ4v) is 4.68. The maximum absolute atomic E-state index is 5.98. The van der Waals surface area contributed by atoms with Crippen LogP contribution < -0.4 is 0 Å². The molecule has 3 aliphatic rings. The lowest BCUT2D eigenvalue weighted by Crippen LogP contribution is -2.22. The Bertz CT molecular complexity index is 609. The van der Waals surface area contributed by atoms with Crippen LogP contribution in [0.2, 0.25) is 25.7 Å². The number of hydrogen-bond acceptors (Lipinski definition) is 2. The van der Waals surface area contributed by atoms with Crippen molar-refractivity contribution in [1.29, 1.82) is 0 Å². The van der Waals surface area contributed by atoms with E-state index in [1.807, 2.05) is 6.33 Å². The van der Waals surface area contributed by atoms with Gasteiger partial charge in [0.15, 0.2) is 0 Å². The third-order valence-electron chi connectivity index (χ3n) is 5.75. The van der Waals surface area contributed by atoms with Crippen molar-refractivity contribution in [1.82, 2.24) is 9.55 Å². The molecule has 0 saturated heterocycles. The number of aromatic nitrogens is 2. The average molecular weight is 331 g/mol. The third kappa shape index (κ3) is 3.34. The van der Waals surface area contributed by atoms with Gasteiger partial charge in [-0.15, -0.1) is 0 Å². The van der Waals surface area contributed by atoms with Crippen molar-refractivity contribution in [3.05, 3.63) is 23.8 Å². The third-order valence-corrected chi connectivity index (χ3v) is 7.45. The first-order valence-corrected chi connectivity index (χ1v) is 13.1. The Morgan fingerprint density at radius 3 is 2.61 bits per heavy atom. The average Bonchev–Trinajstić information content (AvgIpc) is 3.15. The minimum absolute atomic E-state index is 0.684. The minimum atomic E-state index is -1.00. The number of rotatable bonds is 7. The number of nitrogens with zero attached hydrogens (tertiary/aromatic N) is 2. The Labute approximate surface area is 141 Å². The molecule has 23 heavy (non-hydrogen) atoms. The largest absolute Gasteiger partial charge is 0.361 e. The van der Waals surface area contributed by atoms with E-state index in [1.54, 1.807) is 0 Å². The molecule has 0 radical (unpaired) electrons. The van der Waals surface area contributed by atoms with Crippen molar-refractivity contribution in [3.63, 3.8) is 0 Å². The molecule has 1 aromatic rings. The van der Waals surface area contributed by atoms with Gasteiger partial charge in [-0.1, -0.05) is 25.7 Å². The van der Waals surface area contributed by atoms with Crippen LogP contribution in [-0.2, 0) is 11.5 Å². The van der Waals surface area contributed by atoms with Crippen LogP contribution in [0.15, 0.2) is 12.4 Å². The van der Waals surface area contributed by atoms with Gasteiger partial charge in [0.25, 0.3) is 0 Å². The molecular formula is C19H30N2OSi. The molecule has 0 amide bonds. The van der Waals surface area contributed by atoms with E-state index in [2.05, 4.69) is 30.3 Å². The molecule has 4 rings (SSSR count). The lowest BCUT2D eigenvalue weighted by molar-refractivity contribution is 0.0852. The summed E-state index contributed by atoms with van der Waals surface area (Å²) >= 11 is 0. The molecule has 0 N–H and O–H groups in total. The van der Waals surface area contributed by atoms with Gasteiger partial charge < -0.3 is 9.30 Å². The number of hydrogen-bond donors (Lipinski definition) is 0. The van der Waals surface area contributed by atoms with Crippen LogP contribution in [-0.4, -0.2) is 24.2 Å². The summed E-state index contributed by atoms with van der Waals surface area (Å²) in [6.07, 6.45) is 11.3. The van der Waals surface area contributed by atoms with Gasteiger partial charge >= 0.3 is 0 Å². The molecule has 4 heteroatoms. The monoisotopic (exact) mass is 330 g/mol. The minimum Gasteiger partial charge on any atom is -0.361 e. The highest BCUT2D eigenvalue weighted by Crippen LogP contribution is 2.50. The van der Waals surface area contributed by atoms with Crippen LogP contribution >= 0.6 is 0 Å². The SMILES string of the molecule is C[Si](C)(C)CCOCn1cnc(C2=CC3CCC3C2)c1C1CC1. The van der Waals surface area contributed by atoms with E-state index in [1.165, 1.54) is 55.1 Å².